The minimum Gasteiger partial charge on any atom is -0.488 e. The predicted molar refractivity (Wildman–Crippen MR) is 59.5 cm³/mol. The first-order chi connectivity index (χ1) is 6.24. The molecule has 1 aromatic rings. The summed E-state index contributed by atoms with van der Waals surface area (Å²) in [6.07, 6.45) is 3.86. The maximum Gasteiger partial charge on any atom is 0.139 e. The molecule has 0 radical (unpaired) electrons. The van der Waals surface area contributed by atoms with Crippen molar-refractivity contribution in [2.24, 2.45) is 0 Å². The third-order valence-corrected chi connectivity index (χ3v) is 2.27. The van der Waals surface area contributed by atoms with E-state index < -0.39 is 0 Å². The Morgan fingerprint density at radius 3 is 3.00 bits per heavy atom. The van der Waals surface area contributed by atoms with Crippen LogP contribution >= 0.6 is 27.5 Å². The lowest BCUT2D eigenvalue weighted by Gasteiger charge is -2.05. The van der Waals surface area contributed by atoms with E-state index in [1.54, 1.807) is 6.07 Å². The molecule has 0 aliphatic heterocycles. The van der Waals surface area contributed by atoms with E-state index in [9.17, 15) is 0 Å². The van der Waals surface area contributed by atoms with Gasteiger partial charge in [-0.05, 0) is 25.1 Å². The Hall–Kier alpha value is -0.470. The highest BCUT2D eigenvalue weighted by Gasteiger charge is 2.00. The van der Waals surface area contributed by atoms with Crippen LogP contribution in [0.1, 0.15) is 6.92 Å². The van der Waals surface area contributed by atoms with E-state index >= 15 is 0 Å². The number of hydrogen-bond acceptors (Lipinski definition) is 1. The quantitative estimate of drug-likeness (QED) is 0.746. The van der Waals surface area contributed by atoms with Crippen LogP contribution in [-0.2, 0) is 0 Å². The number of halogens is 2. The van der Waals surface area contributed by atoms with Gasteiger partial charge < -0.3 is 4.74 Å². The van der Waals surface area contributed by atoms with E-state index in [4.69, 9.17) is 16.3 Å². The van der Waals surface area contributed by atoms with Crippen LogP contribution in [0.5, 0.6) is 5.75 Å². The van der Waals surface area contributed by atoms with E-state index in [1.165, 1.54) is 0 Å². The van der Waals surface area contributed by atoms with Gasteiger partial charge in [0.15, 0.2) is 0 Å². The minimum atomic E-state index is 0.548. The van der Waals surface area contributed by atoms with Crippen molar-refractivity contribution in [1.29, 1.82) is 0 Å². The zero-order valence-corrected chi connectivity index (χ0v) is 9.60. The summed E-state index contributed by atoms with van der Waals surface area (Å²) in [6.45, 7) is 2.50. The molecule has 0 spiro atoms. The van der Waals surface area contributed by atoms with Gasteiger partial charge in [0.2, 0.25) is 0 Å². The average molecular weight is 262 g/mol. The van der Waals surface area contributed by atoms with E-state index in [1.807, 2.05) is 31.2 Å². The van der Waals surface area contributed by atoms with Crippen LogP contribution in [-0.4, -0.2) is 6.61 Å². The lowest BCUT2D eigenvalue weighted by molar-refractivity contribution is 0.363. The second kappa shape index (κ2) is 5.30. The molecule has 1 nitrogen and oxygen atoms in total. The van der Waals surface area contributed by atoms with Gasteiger partial charge in [0.1, 0.15) is 12.4 Å². The normalized spacial score (nSPS) is 10.7. The smallest absolute Gasteiger partial charge is 0.139 e. The highest BCUT2D eigenvalue weighted by atomic mass is 79.9. The van der Waals surface area contributed by atoms with Gasteiger partial charge in [0.25, 0.3) is 0 Å². The molecule has 0 fully saturated rings. The molecule has 1 aromatic carbocycles. The van der Waals surface area contributed by atoms with Crippen LogP contribution in [0.3, 0.4) is 0 Å². The molecule has 13 heavy (non-hydrogen) atoms. The topological polar surface area (TPSA) is 9.23 Å². The molecule has 0 aliphatic carbocycles. The van der Waals surface area contributed by atoms with Gasteiger partial charge in [-0.15, -0.1) is 0 Å². The van der Waals surface area contributed by atoms with Crippen LogP contribution in [0.2, 0.25) is 5.02 Å². The summed E-state index contributed by atoms with van der Waals surface area (Å²) >= 11 is 9.25. The third kappa shape index (κ3) is 3.41. The Kier molecular flexibility index (Phi) is 4.33. The van der Waals surface area contributed by atoms with Gasteiger partial charge in [0.05, 0.1) is 5.02 Å². The maximum absolute atomic E-state index is 5.91. The van der Waals surface area contributed by atoms with Crippen molar-refractivity contribution in [3.63, 3.8) is 0 Å². The van der Waals surface area contributed by atoms with Crippen LogP contribution in [0.4, 0.5) is 0 Å². The van der Waals surface area contributed by atoms with Crippen molar-refractivity contribution in [3.8, 4) is 5.75 Å². The standard InChI is InChI=1S/C10H10BrClO/c1-2-3-6-13-10-7-8(11)4-5-9(10)12/h2-5,7H,6H2,1H3/b3-2+. The Bertz CT molecular complexity index is 310. The van der Waals surface area contributed by atoms with Crippen molar-refractivity contribution >= 4 is 27.5 Å². The van der Waals surface area contributed by atoms with E-state index in [0.29, 0.717) is 17.4 Å². The third-order valence-electron chi connectivity index (χ3n) is 1.46. The number of rotatable bonds is 3. The van der Waals surface area contributed by atoms with Gasteiger partial charge in [-0.2, -0.15) is 0 Å². The van der Waals surface area contributed by atoms with Crippen LogP contribution in [0.15, 0.2) is 34.8 Å². The van der Waals surface area contributed by atoms with E-state index in [2.05, 4.69) is 15.9 Å². The molecule has 0 aliphatic rings. The number of benzene rings is 1. The second-order valence-corrected chi connectivity index (χ2v) is 3.78. The van der Waals surface area contributed by atoms with Crippen LogP contribution in [0.25, 0.3) is 0 Å². The maximum atomic E-state index is 5.91. The van der Waals surface area contributed by atoms with Crippen molar-refractivity contribution < 1.29 is 4.74 Å². The van der Waals surface area contributed by atoms with Crippen molar-refractivity contribution in [2.45, 2.75) is 6.92 Å². The van der Waals surface area contributed by atoms with Gasteiger partial charge >= 0.3 is 0 Å². The fourth-order valence-corrected chi connectivity index (χ4v) is 1.33. The first-order valence-electron chi connectivity index (χ1n) is 3.93. The first kappa shape index (κ1) is 10.6. The van der Waals surface area contributed by atoms with Gasteiger partial charge in [-0.25, -0.2) is 0 Å². The average Bonchev–Trinajstić information content (AvgIpc) is 2.11. The first-order valence-corrected chi connectivity index (χ1v) is 5.10. The molecule has 0 aromatic heterocycles. The Balaban J connectivity index is 2.69. The van der Waals surface area contributed by atoms with Gasteiger partial charge in [0, 0.05) is 4.47 Å². The van der Waals surface area contributed by atoms with Crippen molar-refractivity contribution in [2.75, 3.05) is 6.61 Å². The van der Waals surface area contributed by atoms with Gasteiger partial charge in [-0.3, -0.25) is 0 Å². The van der Waals surface area contributed by atoms with E-state index in [0.717, 1.165) is 4.47 Å². The molecule has 0 unspecified atom stereocenters. The Morgan fingerprint density at radius 1 is 1.54 bits per heavy atom. The zero-order chi connectivity index (χ0) is 9.68. The lowest BCUT2D eigenvalue weighted by atomic mass is 10.3. The van der Waals surface area contributed by atoms with Crippen LogP contribution in [0, 0.1) is 0 Å². The van der Waals surface area contributed by atoms with Crippen LogP contribution < -0.4 is 4.74 Å². The second-order valence-electron chi connectivity index (χ2n) is 2.45. The molecular formula is C10H10BrClO. The Morgan fingerprint density at radius 2 is 2.31 bits per heavy atom. The molecule has 0 saturated heterocycles. The zero-order valence-electron chi connectivity index (χ0n) is 7.26. The molecule has 0 saturated carbocycles. The molecular weight excluding hydrogens is 251 g/mol. The predicted octanol–water partition coefficient (Wildman–Crippen LogP) is 4.06. The number of hydrogen-bond donors (Lipinski definition) is 0. The summed E-state index contributed by atoms with van der Waals surface area (Å²) in [7, 11) is 0. The Labute approximate surface area is 91.5 Å². The SMILES string of the molecule is C/C=C/COc1cc(Br)ccc1Cl. The molecule has 70 valence electrons. The number of allylic oxidation sites excluding steroid dienone is 1. The minimum absolute atomic E-state index is 0.548. The van der Waals surface area contributed by atoms with Crippen molar-refractivity contribution in [3.05, 3.63) is 39.8 Å². The molecule has 0 amide bonds. The van der Waals surface area contributed by atoms with Gasteiger partial charge in [-0.1, -0.05) is 39.7 Å². The molecule has 0 atom stereocenters. The molecule has 0 heterocycles. The molecule has 0 bridgehead atoms. The largest absolute Gasteiger partial charge is 0.488 e. The molecule has 1 rings (SSSR count). The fourth-order valence-electron chi connectivity index (χ4n) is 0.822. The monoisotopic (exact) mass is 260 g/mol. The summed E-state index contributed by atoms with van der Waals surface area (Å²) in [6, 6.07) is 5.54. The molecule has 3 heteroatoms. The van der Waals surface area contributed by atoms with Crippen molar-refractivity contribution in [1.82, 2.24) is 0 Å². The summed E-state index contributed by atoms with van der Waals surface area (Å²) in [5.74, 6) is 0.703. The number of ether oxygens (including phenoxy) is 1. The summed E-state index contributed by atoms with van der Waals surface area (Å²) in [5, 5.41) is 0.632. The molecule has 0 N–H and O–H groups in total. The fraction of sp³-hybridized carbons (Fsp3) is 0.200. The summed E-state index contributed by atoms with van der Waals surface area (Å²) in [4.78, 5) is 0. The van der Waals surface area contributed by atoms with E-state index in [-0.39, 0.29) is 0 Å². The highest BCUT2D eigenvalue weighted by Crippen LogP contribution is 2.27. The highest BCUT2D eigenvalue weighted by molar-refractivity contribution is 9.10. The summed E-state index contributed by atoms with van der Waals surface area (Å²) < 4.78 is 6.37. The lowest BCUT2D eigenvalue weighted by Crippen LogP contribution is -1.93. The summed E-state index contributed by atoms with van der Waals surface area (Å²) in [5.41, 5.74) is 0.